The fourth-order valence-electron chi connectivity index (χ4n) is 4.40. The largest absolute Gasteiger partial charge is 0.490 e. The minimum absolute atomic E-state index is 0.0635. The first kappa shape index (κ1) is 36.3. The maximum atomic E-state index is 13.0. The van der Waals surface area contributed by atoms with Crippen molar-refractivity contribution in [3.8, 4) is 0 Å². The minimum atomic E-state index is -5.08. The van der Waals surface area contributed by atoms with Crippen LogP contribution < -0.4 is 20.9 Å². The van der Waals surface area contributed by atoms with E-state index in [1.54, 1.807) is 42.7 Å². The number of alkyl halides is 6. The molecule has 1 amide bonds. The maximum Gasteiger partial charge on any atom is 0.490 e. The number of carboxylic acid groups (broad SMARTS) is 1. The van der Waals surface area contributed by atoms with Gasteiger partial charge in [0.05, 0.1) is 23.7 Å². The summed E-state index contributed by atoms with van der Waals surface area (Å²) in [5.41, 5.74) is 1.80. The Bertz CT molecular complexity index is 1810. The number of amides is 1. The van der Waals surface area contributed by atoms with Crippen molar-refractivity contribution < 1.29 is 41.0 Å². The number of hydrogen-bond acceptors (Lipinski definition) is 9. The quantitative estimate of drug-likeness (QED) is 0.168. The lowest BCUT2D eigenvalue weighted by Crippen LogP contribution is -2.44. The Morgan fingerprint density at radius 3 is 2.24 bits per heavy atom. The molecule has 1 aliphatic heterocycles. The molecule has 1 aliphatic rings. The van der Waals surface area contributed by atoms with Gasteiger partial charge in [0.2, 0.25) is 0 Å². The number of anilines is 4. The van der Waals surface area contributed by atoms with Gasteiger partial charge in [-0.15, -0.1) is 0 Å². The van der Waals surface area contributed by atoms with Crippen LogP contribution in [-0.4, -0.2) is 69.3 Å². The van der Waals surface area contributed by atoms with Crippen LogP contribution in [-0.2, 0) is 11.0 Å². The van der Waals surface area contributed by atoms with Gasteiger partial charge in [0.25, 0.3) is 5.91 Å². The maximum absolute atomic E-state index is 13.0. The molecule has 11 nitrogen and oxygen atoms in total. The highest BCUT2D eigenvalue weighted by atomic mass is 19.4. The van der Waals surface area contributed by atoms with Gasteiger partial charge >= 0.3 is 18.3 Å². The number of benzene rings is 2. The highest BCUT2D eigenvalue weighted by molar-refractivity contribution is 6.04. The van der Waals surface area contributed by atoms with Gasteiger partial charge in [-0.2, -0.15) is 26.3 Å². The van der Waals surface area contributed by atoms with Gasteiger partial charge in [0, 0.05) is 43.5 Å². The summed E-state index contributed by atoms with van der Waals surface area (Å²) in [6.45, 7) is 7.30. The summed E-state index contributed by atoms with van der Waals surface area (Å²) in [7, 11) is 0. The van der Waals surface area contributed by atoms with E-state index in [1.807, 2.05) is 19.9 Å². The summed E-state index contributed by atoms with van der Waals surface area (Å²) < 4.78 is 70.8. The van der Waals surface area contributed by atoms with Crippen LogP contribution in [0.4, 0.5) is 49.5 Å². The van der Waals surface area contributed by atoms with Crippen LogP contribution in [0, 0.1) is 13.8 Å². The zero-order chi connectivity index (χ0) is 35.8. The number of piperazine rings is 1. The van der Waals surface area contributed by atoms with Crippen molar-refractivity contribution in [2.24, 2.45) is 0 Å². The van der Waals surface area contributed by atoms with Gasteiger partial charge in [-0.25, -0.2) is 19.7 Å². The van der Waals surface area contributed by atoms with Crippen molar-refractivity contribution in [3.63, 3.8) is 0 Å². The molecule has 4 aromatic rings. The van der Waals surface area contributed by atoms with E-state index in [2.05, 4.69) is 40.8 Å². The van der Waals surface area contributed by atoms with Gasteiger partial charge < -0.3 is 26.0 Å². The molecule has 3 heterocycles. The van der Waals surface area contributed by atoms with Crippen molar-refractivity contribution in [3.05, 3.63) is 94.7 Å². The molecule has 5 rings (SSSR count). The Labute approximate surface area is 276 Å². The predicted octanol–water partition coefficient (Wildman–Crippen LogP) is 6.11. The predicted molar refractivity (Wildman–Crippen MR) is 170 cm³/mol. The van der Waals surface area contributed by atoms with Crippen molar-refractivity contribution in [2.45, 2.75) is 26.2 Å². The van der Waals surface area contributed by atoms with E-state index in [4.69, 9.17) is 9.90 Å². The third kappa shape index (κ3) is 10.7. The molecule has 1 saturated heterocycles. The molecule has 0 aliphatic carbocycles. The van der Waals surface area contributed by atoms with Crippen LogP contribution in [0.25, 0.3) is 12.2 Å². The van der Waals surface area contributed by atoms with E-state index < -0.39 is 29.8 Å². The molecule has 0 radical (unpaired) electrons. The Morgan fingerprint density at radius 1 is 0.898 bits per heavy atom. The van der Waals surface area contributed by atoms with Crippen LogP contribution in [0.5, 0.6) is 0 Å². The molecule has 17 heteroatoms. The lowest BCUT2D eigenvalue weighted by molar-refractivity contribution is -0.192. The topological polar surface area (TPSA) is 145 Å². The number of nitrogens with one attached hydrogen (secondary N) is 3. The van der Waals surface area contributed by atoms with Gasteiger partial charge in [0.15, 0.2) is 0 Å². The Morgan fingerprint density at radius 2 is 1.61 bits per heavy atom. The van der Waals surface area contributed by atoms with Crippen molar-refractivity contribution >= 4 is 47.2 Å². The standard InChI is InChI=1S/C30H29F3N8O.C2HF3O2/c1-19-6-7-22(29(42)39-24-5-3-4-23(15-24)30(31,32)33)14-21(19)8-9-25-17-36-27(18-35-25)40-26-16-28(38-20(2)37-26)41-12-10-34-11-13-41;3-2(4,5)1(6)7/h3-9,14-18,34H,10-13H2,1-2H3,(H,39,42)(H,36,37,38,40);(H,6,7). The Hall–Kier alpha value is -5.58. The molecule has 0 atom stereocenters. The molecular weight excluding hydrogens is 658 g/mol. The molecule has 258 valence electrons. The molecule has 2 aromatic heterocycles. The first-order valence-corrected chi connectivity index (χ1v) is 14.6. The van der Waals surface area contributed by atoms with E-state index in [1.165, 1.54) is 12.1 Å². The van der Waals surface area contributed by atoms with E-state index >= 15 is 0 Å². The number of carbonyl (C=O) groups excluding carboxylic acids is 1. The second-order valence-corrected chi connectivity index (χ2v) is 10.6. The molecule has 4 N–H and O–H groups in total. The molecule has 1 fully saturated rings. The second kappa shape index (κ2) is 15.5. The lowest BCUT2D eigenvalue weighted by Gasteiger charge is -2.28. The van der Waals surface area contributed by atoms with Gasteiger partial charge in [-0.3, -0.25) is 9.78 Å². The van der Waals surface area contributed by atoms with E-state index in [-0.39, 0.29) is 5.69 Å². The minimum Gasteiger partial charge on any atom is -0.475 e. The number of hydrogen-bond donors (Lipinski definition) is 4. The number of carbonyl (C=O) groups is 2. The fraction of sp³-hybridized carbons (Fsp3) is 0.250. The van der Waals surface area contributed by atoms with E-state index in [0.717, 1.165) is 55.3 Å². The molecule has 2 aromatic carbocycles. The molecule has 49 heavy (non-hydrogen) atoms. The fourth-order valence-corrected chi connectivity index (χ4v) is 4.40. The number of rotatable bonds is 7. The summed E-state index contributed by atoms with van der Waals surface area (Å²) in [5, 5.41) is 16.2. The van der Waals surface area contributed by atoms with E-state index in [9.17, 15) is 31.1 Å². The number of halogens is 6. The van der Waals surface area contributed by atoms with Crippen LogP contribution >= 0.6 is 0 Å². The normalized spacial score (nSPS) is 13.4. The summed E-state index contributed by atoms with van der Waals surface area (Å²) >= 11 is 0. The van der Waals surface area contributed by atoms with Crippen molar-refractivity contribution in [1.82, 2.24) is 25.3 Å². The van der Waals surface area contributed by atoms with Crippen LogP contribution in [0.3, 0.4) is 0 Å². The summed E-state index contributed by atoms with van der Waals surface area (Å²) in [5.74, 6) is -0.598. The Kier molecular flexibility index (Phi) is 11.5. The Balaban J connectivity index is 0.000000698. The van der Waals surface area contributed by atoms with E-state index in [0.29, 0.717) is 28.7 Å². The van der Waals surface area contributed by atoms with Crippen molar-refractivity contribution in [2.75, 3.05) is 41.7 Å². The number of aryl methyl sites for hydroxylation is 2. The van der Waals surface area contributed by atoms with Crippen molar-refractivity contribution in [1.29, 1.82) is 0 Å². The zero-order valence-corrected chi connectivity index (χ0v) is 26.0. The van der Waals surface area contributed by atoms with Gasteiger partial charge in [0.1, 0.15) is 23.3 Å². The zero-order valence-electron chi connectivity index (χ0n) is 26.0. The SMILES string of the molecule is Cc1nc(Nc2cnc(C=Cc3cc(C(=O)Nc4cccc(C(F)(F)F)c4)ccc3C)cn2)cc(N2CCNCC2)n1.O=C(O)C(F)(F)F. The third-order valence-corrected chi connectivity index (χ3v) is 6.86. The average molecular weight is 689 g/mol. The first-order valence-electron chi connectivity index (χ1n) is 14.6. The number of nitrogens with zero attached hydrogens (tertiary/aromatic N) is 5. The molecule has 0 saturated carbocycles. The van der Waals surface area contributed by atoms with Crippen LogP contribution in [0.1, 0.15) is 38.6 Å². The van der Waals surface area contributed by atoms with Gasteiger partial charge in [-0.1, -0.05) is 18.2 Å². The smallest absolute Gasteiger partial charge is 0.475 e. The molecule has 0 bridgehead atoms. The lowest BCUT2D eigenvalue weighted by atomic mass is 10.0. The first-order chi connectivity index (χ1) is 23.1. The van der Waals surface area contributed by atoms with Gasteiger partial charge in [-0.05, 0) is 61.4 Å². The van der Waals surface area contributed by atoms with Crippen LogP contribution in [0.2, 0.25) is 0 Å². The molecular formula is C32H30F6N8O3. The second-order valence-electron chi connectivity index (χ2n) is 10.6. The monoisotopic (exact) mass is 688 g/mol. The summed E-state index contributed by atoms with van der Waals surface area (Å²) in [6, 6.07) is 11.5. The highest BCUT2D eigenvalue weighted by Gasteiger charge is 2.38. The third-order valence-electron chi connectivity index (χ3n) is 6.86. The number of carboxylic acids is 1. The summed E-state index contributed by atoms with van der Waals surface area (Å²) in [4.78, 5) is 41.8. The van der Waals surface area contributed by atoms with Crippen LogP contribution in [0.15, 0.2) is 60.9 Å². The summed E-state index contributed by atoms with van der Waals surface area (Å²) in [6.07, 6.45) is -2.79. The average Bonchev–Trinajstić information content (AvgIpc) is 3.05. The highest BCUT2D eigenvalue weighted by Crippen LogP contribution is 2.31. The number of aliphatic carboxylic acids is 1. The molecule has 0 unspecified atom stereocenters. The number of aromatic nitrogens is 4. The molecule has 0 spiro atoms.